The first kappa shape index (κ1) is 29.9. The van der Waals surface area contributed by atoms with Crippen LogP contribution in [0.5, 0.6) is 5.75 Å². The fraction of sp³-hybridized carbons (Fsp3) is 0.522. The molecule has 4 rings (SSSR count). The molecule has 1 aliphatic rings. The van der Waals surface area contributed by atoms with Gasteiger partial charge in [-0.3, -0.25) is 9.48 Å². The molecule has 11 nitrogen and oxygen atoms in total. The highest BCUT2D eigenvalue weighted by Crippen LogP contribution is 2.33. The molecule has 0 bridgehead atoms. The van der Waals surface area contributed by atoms with Crippen molar-refractivity contribution in [3.05, 3.63) is 40.6 Å². The average molecular weight is 562 g/mol. The highest BCUT2D eigenvalue weighted by Gasteiger charge is 2.38. The average Bonchev–Trinajstić information content (AvgIpc) is 3.30. The molecule has 1 fully saturated rings. The molecular weight excluding hydrogens is 533 g/mol. The van der Waals surface area contributed by atoms with E-state index in [1.54, 1.807) is 13.0 Å². The van der Waals surface area contributed by atoms with Crippen molar-refractivity contribution in [1.29, 1.82) is 0 Å². The van der Waals surface area contributed by atoms with Crippen LogP contribution in [-0.2, 0) is 15.7 Å². The van der Waals surface area contributed by atoms with E-state index in [-0.39, 0.29) is 30.9 Å². The van der Waals surface area contributed by atoms with Gasteiger partial charge < -0.3 is 24.1 Å². The van der Waals surface area contributed by atoms with Gasteiger partial charge in [-0.05, 0) is 26.1 Å². The van der Waals surface area contributed by atoms with Gasteiger partial charge in [-0.1, -0.05) is 0 Å². The third kappa shape index (κ3) is 8.16. The molecule has 1 unspecified atom stereocenters. The standard InChI is InChI=1S/C12H13F3N4O3.C11H15F2N3O/c1-7(6-22-4-2-3-20)19-8-5-16-17-11(21)9(8)10(18-19)12(13,14)15;1-15-4-6-16(7-5-15)10-3-2-9(8-14-10)17-11(12)13/h3,5,7H,2,4,6H2,1H3,(H,17,21);2-3,8,11H,4-7H2,1H3. The molecule has 1 saturated heterocycles. The van der Waals surface area contributed by atoms with Crippen LogP contribution in [0.3, 0.4) is 0 Å². The maximum Gasteiger partial charge on any atom is 0.435 e. The third-order valence-corrected chi connectivity index (χ3v) is 5.73. The Labute approximate surface area is 219 Å². The summed E-state index contributed by atoms with van der Waals surface area (Å²) in [4.78, 5) is 30.3. The number of alkyl halides is 5. The first-order chi connectivity index (χ1) is 18.5. The number of rotatable bonds is 9. The number of aromatic amines is 1. The van der Waals surface area contributed by atoms with Gasteiger partial charge in [0.15, 0.2) is 5.69 Å². The molecular formula is C23H28F5N7O4. The number of H-pyrrole nitrogens is 1. The number of fused-ring (bicyclic) bond motifs is 1. The van der Waals surface area contributed by atoms with Crippen molar-refractivity contribution in [1.82, 2.24) is 29.9 Å². The topological polar surface area (TPSA) is 118 Å². The lowest BCUT2D eigenvalue weighted by molar-refractivity contribution is -0.140. The van der Waals surface area contributed by atoms with Gasteiger partial charge in [0.25, 0.3) is 5.56 Å². The molecule has 0 aromatic carbocycles. The van der Waals surface area contributed by atoms with E-state index in [1.807, 2.05) is 5.10 Å². The largest absolute Gasteiger partial charge is 0.435 e. The Hall–Kier alpha value is -3.66. The van der Waals surface area contributed by atoms with Crippen LogP contribution in [0.15, 0.2) is 29.3 Å². The number of carbonyl (C=O) groups excluding carboxylic acids is 1. The fourth-order valence-electron chi connectivity index (χ4n) is 3.76. The van der Waals surface area contributed by atoms with Crippen LogP contribution < -0.4 is 15.2 Å². The zero-order chi connectivity index (χ0) is 28.6. The van der Waals surface area contributed by atoms with Gasteiger partial charge in [-0.2, -0.15) is 32.1 Å². The van der Waals surface area contributed by atoms with E-state index in [4.69, 9.17) is 4.74 Å². The van der Waals surface area contributed by atoms with Gasteiger partial charge in [0, 0.05) is 32.6 Å². The number of carbonyl (C=O) groups is 1. The molecule has 39 heavy (non-hydrogen) atoms. The predicted molar refractivity (Wildman–Crippen MR) is 130 cm³/mol. The van der Waals surface area contributed by atoms with E-state index in [2.05, 4.69) is 36.8 Å². The Morgan fingerprint density at radius 2 is 1.87 bits per heavy atom. The summed E-state index contributed by atoms with van der Waals surface area (Å²) in [5, 5.41) is 8.43. The maximum atomic E-state index is 13.0. The van der Waals surface area contributed by atoms with Gasteiger partial charge in [-0.25, -0.2) is 10.1 Å². The van der Waals surface area contributed by atoms with Crippen molar-refractivity contribution in [2.45, 2.75) is 32.2 Å². The first-order valence-corrected chi connectivity index (χ1v) is 11.9. The highest BCUT2D eigenvalue weighted by molar-refractivity contribution is 5.80. The number of nitrogens with one attached hydrogen (secondary N) is 1. The van der Waals surface area contributed by atoms with Gasteiger partial charge >= 0.3 is 12.8 Å². The highest BCUT2D eigenvalue weighted by atomic mass is 19.4. The molecule has 16 heteroatoms. The molecule has 0 amide bonds. The summed E-state index contributed by atoms with van der Waals surface area (Å²) in [5.41, 5.74) is -2.24. The number of nitrogens with zero attached hydrogens (tertiary/aromatic N) is 6. The molecule has 0 radical (unpaired) electrons. The fourth-order valence-corrected chi connectivity index (χ4v) is 3.76. The SMILES string of the molecule is CC(COCCC=O)n1nc(C(F)(F)F)c2c(=O)[nH]ncc21.CN1CCN(c2ccc(OC(F)F)cn2)CC1. The summed E-state index contributed by atoms with van der Waals surface area (Å²) in [5.74, 6) is 0.901. The zero-order valence-electron chi connectivity index (χ0n) is 21.2. The van der Waals surface area contributed by atoms with Gasteiger partial charge in [0.05, 0.1) is 37.2 Å². The summed E-state index contributed by atoms with van der Waals surface area (Å²) < 4.78 is 73.4. The van der Waals surface area contributed by atoms with Crippen LogP contribution in [0.1, 0.15) is 25.1 Å². The van der Waals surface area contributed by atoms with E-state index in [0.717, 1.165) is 42.9 Å². The molecule has 3 aromatic heterocycles. The van der Waals surface area contributed by atoms with E-state index in [0.29, 0.717) is 6.29 Å². The number of aromatic nitrogens is 5. The van der Waals surface area contributed by atoms with E-state index in [9.17, 15) is 31.5 Å². The van der Waals surface area contributed by atoms with Gasteiger partial charge in [0.2, 0.25) is 0 Å². The number of ether oxygens (including phenoxy) is 2. The third-order valence-electron chi connectivity index (χ3n) is 5.73. The number of halogens is 5. The molecule has 0 spiro atoms. The summed E-state index contributed by atoms with van der Waals surface area (Å²) in [6.45, 7) is 2.78. The smallest absolute Gasteiger partial charge is 0.433 e. The van der Waals surface area contributed by atoms with Crippen LogP contribution in [0.25, 0.3) is 10.9 Å². The van der Waals surface area contributed by atoms with Crippen molar-refractivity contribution >= 4 is 23.0 Å². The minimum atomic E-state index is -4.75. The van der Waals surface area contributed by atoms with Crippen LogP contribution in [0, 0.1) is 0 Å². The second kappa shape index (κ2) is 13.4. The van der Waals surface area contributed by atoms with Crippen LogP contribution >= 0.6 is 0 Å². The lowest BCUT2D eigenvalue weighted by Crippen LogP contribution is -2.44. The molecule has 1 N–H and O–H groups in total. The molecule has 214 valence electrons. The van der Waals surface area contributed by atoms with Crippen LogP contribution in [0.2, 0.25) is 0 Å². The number of piperazine rings is 1. The van der Waals surface area contributed by atoms with Crippen molar-refractivity contribution in [3.63, 3.8) is 0 Å². The number of hydrogen-bond donors (Lipinski definition) is 1. The molecule has 0 aliphatic carbocycles. The Kier molecular flexibility index (Phi) is 10.3. The summed E-state index contributed by atoms with van der Waals surface area (Å²) >= 11 is 0. The van der Waals surface area contributed by atoms with Crippen molar-refractivity contribution in [2.75, 3.05) is 51.3 Å². The van der Waals surface area contributed by atoms with E-state index >= 15 is 0 Å². The second-order valence-corrected chi connectivity index (χ2v) is 8.65. The van der Waals surface area contributed by atoms with E-state index in [1.165, 1.54) is 12.3 Å². The Morgan fingerprint density at radius 1 is 1.15 bits per heavy atom. The summed E-state index contributed by atoms with van der Waals surface area (Å²) in [6, 6.07) is 2.67. The maximum absolute atomic E-state index is 13.0. The molecule has 4 heterocycles. The Morgan fingerprint density at radius 3 is 2.46 bits per heavy atom. The number of hydrogen-bond acceptors (Lipinski definition) is 9. The first-order valence-electron chi connectivity index (χ1n) is 11.9. The molecule has 3 aromatic rings. The molecule has 1 aliphatic heterocycles. The minimum Gasteiger partial charge on any atom is -0.433 e. The Balaban J connectivity index is 0.000000223. The van der Waals surface area contributed by atoms with Crippen LogP contribution in [0.4, 0.5) is 27.8 Å². The molecule has 1 atom stereocenters. The van der Waals surface area contributed by atoms with Crippen LogP contribution in [-0.4, -0.2) is 89.2 Å². The number of likely N-dealkylation sites (N-methyl/N-ethyl adjacent to an activating group) is 1. The lowest BCUT2D eigenvalue weighted by atomic mass is 10.2. The van der Waals surface area contributed by atoms with Gasteiger partial charge in [-0.15, -0.1) is 0 Å². The van der Waals surface area contributed by atoms with Crippen molar-refractivity contribution in [2.24, 2.45) is 0 Å². The van der Waals surface area contributed by atoms with Gasteiger partial charge in [0.1, 0.15) is 23.2 Å². The normalized spacial score (nSPS) is 15.2. The Bertz CT molecular complexity index is 1260. The monoisotopic (exact) mass is 561 g/mol. The minimum absolute atomic E-state index is 0.0254. The van der Waals surface area contributed by atoms with Crippen molar-refractivity contribution in [3.8, 4) is 5.75 Å². The number of aldehydes is 1. The quantitative estimate of drug-likeness (QED) is 0.239. The number of pyridine rings is 1. The van der Waals surface area contributed by atoms with Crippen molar-refractivity contribution < 1.29 is 36.2 Å². The van der Waals surface area contributed by atoms with E-state index < -0.39 is 35.5 Å². The zero-order valence-corrected chi connectivity index (χ0v) is 21.2. The predicted octanol–water partition coefficient (Wildman–Crippen LogP) is 2.74. The summed E-state index contributed by atoms with van der Waals surface area (Å²) in [7, 11) is 2.07. The second-order valence-electron chi connectivity index (χ2n) is 8.65. The summed E-state index contributed by atoms with van der Waals surface area (Å²) in [6.07, 6.45) is -1.43. The number of anilines is 1. The lowest BCUT2D eigenvalue weighted by Gasteiger charge is -2.33. The molecule has 0 saturated carbocycles.